The van der Waals surface area contributed by atoms with Crippen LogP contribution in [0.25, 0.3) is 5.69 Å². The zero-order valence-corrected chi connectivity index (χ0v) is 18.7. The van der Waals surface area contributed by atoms with Crippen LogP contribution in [0.4, 0.5) is 5.69 Å². The third-order valence-corrected chi connectivity index (χ3v) is 5.63. The summed E-state index contributed by atoms with van der Waals surface area (Å²) in [5.41, 5.74) is 3.29. The number of para-hydroxylation sites is 1. The number of aromatic nitrogens is 3. The highest BCUT2D eigenvalue weighted by atomic mass is 32.2. The molecular weight excluding hydrogens is 434 g/mol. The van der Waals surface area contributed by atoms with E-state index in [0.717, 1.165) is 16.9 Å². The standard InChI is InChI=1S/C25H21N5O2S/c1-18-6-5-7-20(14-18)27-24(31)17-33-25-29-28-23(30(25)21-8-3-2-4-9-21)16-32-22-12-10-19(15-26)11-13-22/h2-14H,16-17H2,1H3,(H,27,31). The molecule has 3 aromatic carbocycles. The van der Waals surface area contributed by atoms with Gasteiger partial charge in [-0.25, -0.2) is 0 Å². The molecule has 0 radical (unpaired) electrons. The molecule has 0 bridgehead atoms. The molecule has 0 unspecified atom stereocenters. The molecule has 0 aliphatic carbocycles. The molecule has 0 aliphatic rings. The van der Waals surface area contributed by atoms with Gasteiger partial charge in [0.1, 0.15) is 12.4 Å². The lowest BCUT2D eigenvalue weighted by atomic mass is 10.2. The average molecular weight is 456 g/mol. The third-order valence-electron chi connectivity index (χ3n) is 4.70. The maximum Gasteiger partial charge on any atom is 0.234 e. The molecule has 7 nitrogen and oxygen atoms in total. The van der Waals surface area contributed by atoms with Crippen LogP contribution in [0.3, 0.4) is 0 Å². The normalized spacial score (nSPS) is 10.4. The van der Waals surface area contributed by atoms with Crippen molar-refractivity contribution >= 4 is 23.4 Å². The molecule has 1 N–H and O–H groups in total. The second-order valence-corrected chi connectivity index (χ2v) is 8.14. The van der Waals surface area contributed by atoms with Crippen molar-refractivity contribution in [3.63, 3.8) is 0 Å². The van der Waals surface area contributed by atoms with Gasteiger partial charge >= 0.3 is 0 Å². The van der Waals surface area contributed by atoms with Gasteiger partial charge in [0.05, 0.1) is 17.4 Å². The summed E-state index contributed by atoms with van der Waals surface area (Å²) in [5.74, 6) is 1.30. The summed E-state index contributed by atoms with van der Waals surface area (Å²) < 4.78 is 7.74. The number of carbonyl (C=O) groups excluding carboxylic acids is 1. The molecule has 0 spiro atoms. The van der Waals surface area contributed by atoms with E-state index in [2.05, 4.69) is 21.6 Å². The predicted octanol–water partition coefficient (Wildman–Crippen LogP) is 4.76. The largest absolute Gasteiger partial charge is 0.486 e. The van der Waals surface area contributed by atoms with E-state index in [1.165, 1.54) is 11.8 Å². The zero-order valence-electron chi connectivity index (χ0n) is 17.9. The van der Waals surface area contributed by atoms with Crippen LogP contribution in [-0.2, 0) is 11.4 Å². The monoisotopic (exact) mass is 455 g/mol. The maximum absolute atomic E-state index is 12.5. The van der Waals surface area contributed by atoms with Gasteiger partial charge in [0.2, 0.25) is 5.91 Å². The lowest BCUT2D eigenvalue weighted by Crippen LogP contribution is -2.14. The Morgan fingerprint density at radius 1 is 1.06 bits per heavy atom. The van der Waals surface area contributed by atoms with Crippen LogP contribution in [0.15, 0.2) is 84.0 Å². The number of anilines is 1. The number of aryl methyl sites for hydroxylation is 1. The number of nitrogens with one attached hydrogen (secondary N) is 1. The minimum Gasteiger partial charge on any atom is -0.486 e. The number of amides is 1. The molecule has 8 heteroatoms. The van der Waals surface area contributed by atoms with Crippen LogP contribution in [0, 0.1) is 18.3 Å². The highest BCUT2D eigenvalue weighted by Gasteiger charge is 2.16. The SMILES string of the molecule is Cc1cccc(NC(=O)CSc2nnc(COc3ccc(C#N)cc3)n2-c2ccccc2)c1. The van der Waals surface area contributed by atoms with Crippen molar-refractivity contribution in [3.05, 3.63) is 95.8 Å². The Labute approximate surface area is 196 Å². The molecule has 0 fully saturated rings. The number of hydrogen-bond acceptors (Lipinski definition) is 6. The summed E-state index contributed by atoms with van der Waals surface area (Å²) in [7, 11) is 0. The molecular formula is C25H21N5O2S. The molecule has 1 heterocycles. The molecule has 4 rings (SSSR count). The molecule has 0 saturated heterocycles. The summed E-state index contributed by atoms with van der Waals surface area (Å²) in [4.78, 5) is 12.5. The lowest BCUT2D eigenvalue weighted by Gasteiger charge is -2.11. The number of benzene rings is 3. The summed E-state index contributed by atoms with van der Waals surface area (Å²) in [5, 5.41) is 21.0. The van der Waals surface area contributed by atoms with E-state index in [-0.39, 0.29) is 18.3 Å². The quantitative estimate of drug-likeness (QED) is 0.385. The summed E-state index contributed by atoms with van der Waals surface area (Å²) >= 11 is 1.31. The van der Waals surface area contributed by atoms with Crippen molar-refractivity contribution in [1.29, 1.82) is 5.26 Å². The lowest BCUT2D eigenvalue weighted by molar-refractivity contribution is -0.113. The van der Waals surface area contributed by atoms with Crippen LogP contribution in [-0.4, -0.2) is 26.4 Å². The number of rotatable bonds is 8. The minimum atomic E-state index is -0.122. The van der Waals surface area contributed by atoms with E-state index in [9.17, 15) is 4.79 Å². The van der Waals surface area contributed by atoms with Gasteiger partial charge in [0.15, 0.2) is 11.0 Å². The number of nitrogens with zero attached hydrogens (tertiary/aromatic N) is 4. The van der Waals surface area contributed by atoms with Gasteiger partial charge in [0.25, 0.3) is 0 Å². The van der Waals surface area contributed by atoms with Crippen LogP contribution in [0.1, 0.15) is 17.0 Å². The second-order valence-electron chi connectivity index (χ2n) is 7.20. The van der Waals surface area contributed by atoms with Crippen molar-refractivity contribution in [3.8, 4) is 17.5 Å². The number of ether oxygens (including phenoxy) is 1. The molecule has 0 aliphatic heterocycles. The molecule has 0 atom stereocenters. The molecule has 0 saturated carbocycles. The Bertz CT molecular complexity index is 1280. The Kier molecular flexibility index (Phi) is 7.03. The molecule has 1 amide bonds. The Morgan fingerprint density at radius 3 is 2.58 bits per heavy atom. The van der Waals surface area contributed by atoms with Crippen molar-refractivity contribution in [2.24, 2.45) is 0 Å². The van der Waals surface area contributed by atoms with Gasteiger partial charge in [-0.2, -0.15) is 5.26 Å². The average Bonchev–Trinajstić information content (AvgIpc) is 3.25. The van der Waals surface area contributed by atoms with Gasteiger partial charge in [-0.05, 0) is 61.0 Å². The van der Waals surface area contributed by atoms with Crippen LogP contribution in [0.2, 0.25) is 0 Å². The van der Waals surface area contributed by atoms with E-state index in [0.29, 0.717) is 22.3 Å². The number of thioether (sulfide) groups is 1. The summed E-state index contributed by atoms with van der Waals surface area (Å²) in [6.45, 7) is 2.16. The van der Waals surface area contributed by atoms with Crippen molar-refractivity contribution in [1.82, 2.24) is 14.8 Å². The highest BCUT2D eigenvalue weighted by molar-refractivity contribution is 7.99. The van der Waals surface area contributed by atoms with Gasteiger partial charge in [-0.3, -0.25) is 9.36 Å². The van der Waals surface area contributed by atoms with E-state index in [4.69, 9.17) is 10.00 Å². The van der Waals surface area contributed by atoms with Gasteiger partial charge in [-0.1, -0.05) is 42.1 Å². The van der Waals surface area contributed by atoms with Gasteiger partial charge in [-0.15, -0.1) is 10.2 Å². The van der Waals surface area contributed by atoms with E-state index in [1.807, 2.05) is 66.1 Å². The van der Waals surface area contributed by atoms with E-state index < -0.39 is 0 Å². The number of nitriles is 1. The Balaban J connectivity index is 1.48. The first-order valence-corrected chi connectivity index (χ1v) is 11.2. The first-order chi connectivity index (χ1) is 16.1. The highest BCUT2D eigenvalue weighted by Crippen LogP contribution is 2.23. The molecule has 33 heavy (non-hydrogen) atoms. The summed E-state index contributed by atoms with van der Waals surface area (Å²) in [6.07, 6.45) is 0. The third kappa shape index (κ3) is 5.79. The van der Waals surface area contributed by atoms with Crippen LogP contribution >= 0.6 is 11.8 Å². The first kappa shape index (κ1) is 22.1. The first-order valence-electron chi connectivity index (χ1n) is 10.2. The van der Waals surface area contributed by atoms with Crippen molar-refractivity contribution in [2.75, 3.05) is 11.1 Å². The van der Waals surface area contributed by atoms with Gasteiger partial charge in [0, 0.05) is 11.4 Å². The molecule has 164 valence electrons. The van der Waals surface area contributed by atoms with Crippen LogP contribution < -0.4 is 10.1 Å². The van der Waals surface area contributed by atoms with E-state index in [1.54, 1.807) is 24.3 Å². The zero-order chi connectivity index (χ0) is 23.0. The molecule has 1 aromatic heterocycles. The number of carbonyl (C=O) groups is 1. The van der Waals surface area contributed by atoms with Crippen LogP contribution in [0.5, 0.6) is 5.75 Å². The smallest absolute Gasteiger partial charge is 0.234 e. The fourth-order valence-electron chi connectivity index (χ4n) is 3.15. The second kappa shape index (κ2) is 10.5. The van der Waals surface area contributed by atoms with Crippen molar-refractivity contribution in [2.45, 2.75) is 18.7 Å². The number of hydrogen-bond donors (Lipinski definition) is 1. The van der Waals surface area contributed by atoms with E-state index >= 15 is 0 Å². The predicted molar refractivity (Wildman–Crippen MR) is 127 cm³/mol. The maximum atomic E-state index is 12.5. The molecule has 4 aromatic rings. The Hall–Kier alpha value is -4.09. The fourth-order valence-corrected chi connectivity index (χ4v) is 3.92. The van der Waals surface area contributed by atoms with Gasteiger partial charge < -0.3 is 10.1 Å². The minimum absolute atomic E-state index is 0.122. The Morgan fingerprint density at radius 2 is 1.85 bits per heavy atom. The topological polar surface area (TPSA) is 92.8 Å². The van der Waals surface area contributed by atoms with Crippen molar-refractivity contribution < 1.29 is 9.53 Å². The fraction of sp³-hybridized carbons (Fsp3) is 0.120. The summed E-state index contributed by atoms with van der Waals surface area (Å²) in [6, 6.07) is 26.3.